The van der Waals surface area contributed by atoms with Crippen LogP contribution in [0, 0.1) is 6.92 Å². The van der Waals surface area contributed by atoms with E-state index in [4.69, 9.17) is 14.2 Å². The first-order chi connectivity index (χ1) is 12.6. The average molecular weight is 491 g/mol. The van der Waals surface area contributed by atoms with E-state index in [1.54, 1.807) is 21.3 Å². The fraction of sp³-hybridized carbons (Fsp3) is 0.650. The maximum absolute atomic E-state index is 5.68. The summed E-state index contributed by atoms with van der Waals surface area (Å²) in [5, 5.41) is 6.86. The molecule has 7 heteroatoms. The van der Waals surface area contributed by atoms with Gasteiger partial charge in [-0.2, -0.15) is 0 Å². The minimum atomic E-state index is -0.0280. The van der Waals surface area contributed by atoms with Crippen molar-refractivity contribution in [2.45, 2.75) is 31.6 Å². The van der Waals surface area contributed by atoms with Gasteiger partial charge < -0.3 is 24.8 Å². The van der Waals surface area contributed by atoms with Crippen molar-refractivity contribution >= 4 is 29.9 Å². The zero-order chi connectivity index (χ0) is 18.8. The van der Waals surface area contributed by atoms with Crippen LogP contribution in [-0.4, -0.2) is 60.1 Å². The molecule has 1 aromatic rings. The Kier molecular flexibility index (Phi) is 11.0. The molecule has 1 aliphatic rings. The molecular formula is C20H34IN3O3. The molecule has 1 fully saturated rings. The SMILES string of the molecule is CN=C(NCCCOC)NCC1(c2cc(C)ccc2OC)CCOCC1.I. The fourth-order valence-electron chi connectivity index (χ4n) is 3.44. The molecule has 0 radical (unpaired) electrons. The third-order valence-electron chi connectivity index (χ3n) is 5.01. The molecule has 0 saturated carbocycles. The summed E-state index contributed by atoms with van der Waals surface area (Å²) in [5.74, 6) is 1.76. The lowest BCUT2D eigenvalue weighted by Gasteiger charge is -2.39. The van der Waals surface area contributed by atoms with Crippen LogP contribution in [-0.2, 0) is 14.9 Å². The normalized spacial score (nSPS) is 16.4. The summed E-state index contributed by atoms with van der Waals surface area (Å²) >= 11 is 0. The lowest BCUT2D eigenvalue weighted by molar-refractivity contribution is 0.0505. The van der Waals surface area contributed by atoms with Crippen LogP contribution in [0.15, 0.2) is 23.2 Å². The van der Waals surface area contributed by atoms with Gasteiger partial charge in [0, 0.05) is 58.0 Å². The van der Waals surface area contributed by atoms with Gasteiger partial charge in [-0.25, -0.2) is 0 Å². The predicted octanol–water partition coefficient (Wildman–Crippen LogP) is 2.87. The Morgan fingerprint density at radius 3 is 2.59 bits per heavy atom. The zero-order valence-corrected chi connectivity index (χ0v) is 19.3. The number of hydrogen-bond donors (Lipinski definition) is 2. The van der Waals surface area contributed by atoms with Crippen molar-refractivity contribution in [3.05, 3.63) is 29.3 Å². The minimum absolute atomic E-state index is 0. The number of halogens is 1. The summed E-state index contributed by atoms with van der Waals surface area (Å²) in [6, 6.07) is 6.42. The molecule has 0 spiro atoms. The van der Waals surface area contributed by atoms with E-state index in [1.807, 2.05) is 0 Å². The van der Waals surface area contributed by atoms with Crippen molar-refractivity contribution < 1.29 is 14.2 Å². The Hall–Kier alpha value is -1.06. The molecule has 1 aromatic carbocycles. The van der Waals surface area contributed by atoms with Crippen molar-refractivity contribution in [1.29, 1.82) is 0 Å². The molecule has 0 atom stereocenters. The van der Waals surface area contributed by atoms with Gasteiger partial charge in [0.1, 0.15) is 5.75 Å². The van der Waals surface area contributed by atoms with Gasteiger partial charge in [-0.3, -0.25) is 4.99 Å². The zero-order valence-electron chi connectivity index (χ0n) is 17.0. The quantitative estimate of drug-likeness (QED) is 0.254. The smallest absolute Gasteiger partial charge is 0.191 e. The Morgan fingerprint density at radius 1 is 1.22 bits per heavy atom. The predicted molar refractivity (Wildman–Crippen MR) is 121 cm³/mol. The first-order valence-electron chi connectivity index (χ1n) is 9.31. The molecule has 2 rings (SSSR count). The molecule has 0 aromatic heterocycles. The van der Waals surface area contributed by atoms with Crippen LogP contribution in [0.2, 0.25) is 0 Å². The standard InChI is InChI=1S/C20H33N3O3.HI/c1-16-6-7-18(25-4)17(14-16)20(8-12-26-13-9-20)15-23-19(21-2)22-10-5-11-24-3;/h6-7,14H,5,8-13,15H2,1-4H3,(H2,21,22,23);1H. The molecule has 0 bridgehead atoms. The maximum Gasteiger partial charge on any atom is 0.191 e. The van der Waals surface area contributed by atoms with Gasteiger partial charge in [-0.15, -0.1) is 24.0 Å². The van der Waals surface area contributed by atoms with E-state index in [1.165, 1.54) is 11.1 Å². The summed E-state index contributed by atoms with van der Waals surface area (Å²) in [6.07, 6.45) is 2.86. The van der Waals surface area contributed by atoms with Gasteiger partial charge in [0.05, 0.1) is 7.11 Å². The molecule has 27 heavy (non-hydrogen) atoms. The highest BCUT2D eigenvalue weighted by atomic mass is 127. The second-order valence-corrected chi connectivity index (χ2v) is 6.80. The summed E-state index contributed by atoms with van der Waals surface area (Å²) in [7, 11) is 5.26. The number of aryl methyl sites for hydroxylation is 1. The molecule has 154 valence electrons. The first-order valence-corrected chi connectivity index (χ1v) is 9.31. The van der Waals surface area contributed by atoms with E-state index in [2.05, 4.69) is 40.7 Å². The van der Waals surface area contributed by atoms with Gasteiger partial charge >= 0.3 is 0 Å². The van der Waals surface area contributed by atoms with Crippen LogP contribution in [0.1, 0.15) is 30.4 Å². The van der Waals surface area contributed by atoms with E-state index in [0.717, 1.165) is 63.9 Å². The second kappa shape index (κ2) is 12.4. The lowest BCUT2D eigenvalue weighted by atomic mass is 9.73. The van der Waals surface area contributed by atoms with E-state index in [-0.39, 0.29) is 29.4 Å². The third kappa shape index (κ3) is 6.80. The largest absolute Gasteiger partial charge is 0.496 e. The molecule has 2 N–H and O–H groups in total. The highest BCUT2D eigenvalue weighted by Gasteiger charge is 2.37. The molecular weight excluding hydrogens is 457 g/mol. The van der Waals surface area contributed by atoms with Crippen molar-refractivity contribution in [2.24, 2.45) is 4.99 Å². The average Bonchev–Trinajstić information content (AvgIpc) is 2.68. The van der Waals surface area contributed by atoms with Crippen LogP contribution in [0.25, 0.3) is 0 Å². The van der Waals surface area contributed by atoms with Crippen molar-refractivity contribution in [1.82, 2.24) is 10.6 Å². The van der Waals surface area contributed by atoms with Crippen LogP contribution < -0.4 is 15.4 Å². The van der Waals surface area contributed by atoms with Crippen molar-refractivity contribution in [3.63, 3.8) is 0 Å². The Labute approximate surface area is 180 Å². The molecule has 6 nitrogen and oxygen atoms in total. The van der Waals surface area contributed by atoms with Crippen molar-refractivity contribution in [3.8, 4) is 5.75 Å². The third-order valence-corrected chi connectivity index (χ3v) is 5.01. The van der Waals surface area contributed by atoms with Gasteiger partial charge in [0.2, 0.25) is 0 Å². The number of ether oxygens (including phenoxy) is 3. The van der Waals surface area contributed by atoms with Crippen LogP contribution in [0.3, 0.4) is 0 Å². The number of aliphatic imine (C=N–C) groups is 1. The molecule has 0 aliphatic carbocycles. The number of nitrogens with zero attached hydrogens (tertiary/aromatic N) is 1. The first kappa shape index (κ1) is 24.0. The molecule has 0 unspecified atom stereocenters. The maximum atomic E-state index is 5.68. The Bertz CT molecular complexity index is 590. The van der Waals surface area contributed by atoms with Crippen LogP contribution >= 0.6 is 24.0 Å². The Morgan fingerprint density at radius 2 is 1.96 bits per heavy atom. The lowest BCUT2D eigenvalue weighted by Crippen LogP contribution is -2.48. The monoisotopic (exact) mass is 491 g/mol. The van der Waals surface area contributed by atoms with E-state index in [9.17, 15) is 0 Å². The van der Waals surface area contributed by atoms with E-state index < -0.39 is 0 Å². The molecule has 1 heterocycles. The van der Waals surface area contributed by atoms with Gasteiger partial charge in [0.25, 0.3) is 0 Å². The minimum Gasteiger partial charge on any atom is -0.496 e. The van der Waals surface area contributed by atoms with Crippen LogP contribution in [0.4, 0.5) is 0 Å². The number of hydrogen-bond acceptors (Lipinski definition) is 4. The highest BCUT2D eigenvalue weighted by molar-refractivity contribution is 14.0. The number of guanidine groups is 1. The van der Waals surface area contributed by atoms with Gasteiger partial charge in [-0.05, 0) is 32.3 Å². The highest BCUT2D eigenvalue weighted by Crippen LogP contribution is 2.39. The Balaban J connectivity index is 0.00000364. The van der Waals surface area contributed by atoms with Crippen molar-refractivity contribution in [2.75, 3.05) is 54.2 Å². The number of benzene rings is 1. The van der Waals surface area contributed by atoms with Crippen LogP contribution in [0.5, 0.6) is 5.75 Å². The topological polar surface area (TPSA) is 64.1 Å². The number of methoxy groups -OCH3 is 2. The fourth-order valence-corrected chi connectivity index (χ4v) is 3.44. The molecule has 0 amide bonds. The molecule has 1 saturated heterocycles. The summed E-state index contributed by atoms with van der Waals surface area (Å²) < 4.78 is 16.4. The van der Waals surface area contributed by atoms with E-state index >= 15 is 0 Å². The van der Waals surface area contributed by atoms with E-state index in [0.29, 0.717) is 0 Å². The number of rotatable bonds is 8. The summed E-state index contributed by atoms with van der Waals surface area (Å²) in [6.45, 7) is 6.01. The number of nitrogens with one attached hydrogen (secondary N) is 2. The van der Waals surface area contributed by atoms with Gasteiger partial charge in [0.15, 0.2) is 5.96 Å². The summed E-state index contributed by atoms with van der Waals surface area (Å²) in [5.41, 5.74) is 2.47. The van der Waals surface area contributed by atoms with Gasteiger partial charge in [-0.1, -0.05) is 17.7 Å². The molecule has 1 aliphatic heterocycles. The summed E-state index contributed by atoms with van der Waals surface area (Å²) in [4.78, 5) is 4.35. The second-order valence-electron chi connectivity index (χ2n) is 6.80.